The molecule has 0 aromatic rings. The molecular formula is C13H25N3. The van der Waals surface area contributed by atoms with Gasteiger partial charge < -0.3 is 5.32 Å². The van der Waals surface area contributed by atoms with Crippen LogP contribution in [0, 0.1) is 0 Å². The third kappa shape index (κ3) is 2.27. The molecule has 0 radical (unpaired) electrons. The standard InChI is InChI=1S/C13H25N3/c1-3-12(5-7-14-6-1)16-10-9-15-8-2-4-13(15)11-16/h12-14H,1-11H2. The fourth-order valence-corrected chi connectivity index (χ4v) is 3.71. The van der Waals surface area contributed by atoms with E-state index < -0.39 is 0 Å². The number of hydrogen-bond acceptors (Lipinski definition) is 3. The van der Waals surface area contributed by atoms with E-state index in [1.54, 1.807) is 0 Å². The van der Waals surface area contributed by atoms with Gasteiger partial charge in [0.1, 0.15) is 0 Å². The minimum absolute atomic E-state index is 0.873. The Morgan fingerprint density at radius 3 is 2.62 bits per heavy atom. The molecule has 3 nitrogen and oxygen atoms in total. The molecule has 3 heteroatoms. The monoisotopic (exact) mass is 223 g/mol. The summed E-state index contributed by atoms with van der Waals surface area (Å²) in [5, 5.41) is 3.53. The number of nitrogens with zero attached hydrogens (tertiary/aromatic N) is 2. The van der Waals surface area contributed by atoms with Crippen LogP contribution in [0.25, 0.3) is 0 Å². The Morgan fingerprint density at radius 1 is 0.750 bits per heavy atom. The number of hydrogen-bond donors (Lipinski definition) is 1. The van der Waals surface area contributed by atoms with Gasteiger partial charge >= 0.3 is 0 Å². The molecular weight excluding hydrogens is 198 g/mol. The van der Waals surface area contributed by atoms with E-state index in [0.29, 0.717) is 0 Å². The summed E-state index contributed by atoms with van der Waals surface area (Å²) in [4.78, 5) is 5.50. The SMILES string of the molecule is C1CNCCC(N2CCN3CCCC3C2)C1. The minimum atomic E-state index is 0.873. The number of nitrogens with one attached hydrogen (secondary N) is 1. The van der Waals surface area contributed by atoms with Crippen LogP contribution in [0.4, 0.5) is 0 Å². The molecule has 16 heavy (non-hydrogen) atoms. The summed E-state index contributed by atoms with van der Waals surface area (Å²) >= 11 is 0. The molecule has 92 valence electrons. The highest BCUT2D eigenvalue weighted by Gasteiger charge is 2.33. The average molecular weight is 223 g/mol. The van der Waals surface area contributed by atoms with Crippen LogP contribution in [0.2, 0.25) is 0 Å². The van der Waals surface area contributed by atoms with Gasteiger partial charge in [0.2, 0.25) is 0 Å². The van der Waals surface area contributed by atoms with Gasteiger partial charge in [0.25, 0.3) is 0 Å². The second-order valence-corrected chi connectivity index (χ2v) is 5.66. The molecule has 2 atom stereocenters. The van der Waals surface area contributed by atoms with E-state index in [0.717, 1.165) is 12.1 Å². The van der Waals surface area contributed by atoms with Crippen molar-refractivity contribution >= 4 is 0 Å². The minimum Gasteiger partial charge on any atom is -0.317 e. The molecule has 0 aromatic heterocycles. The Kier molecular flexibility index (Phi) is 3.46. The van der Waals surface area contributed by atoms with E-state index in [1.165, 1.54) is 71.4 Å². The van der Waals surface area contributed by atoms with E-state index in [9.17, 15) is 0 Å². The molecule has 0 saturated carbocycles. The fourth-order valence-electron chi connectivity index (χ4n) is 3.71. The van der Waals surface area contributed by atoms with Gasteiger partial charge in [-0.1, -0.05) is 0 Å². The van der Waals surface area contributed by atoms with Gasteiger partial charge in [0.05, 0.1) is 0 Å². The summed E-state index contributed by atoms with van der Waals surface area (Å²) < 4.78 is 0. The van der Waals surface area contributed by atoms with E-state index >= 15 is 0 Å². The Labute approximate surface area is 99.2 Å². The first-order valence-corrected chi connectivity index (χ1v) is 7.12. The van der Waals surface area contributed by atoms with Gasteiger partial charge in [-0.2, -0.15) is 0 Å². The molecule has 0 aromatic carbocycles. The quantitative estimate of drug-likeness (QED) is 0.713. The van der Waals surface area contributed by atoms with E-state index in [4.69, 9.17) is 0 Å². The molecule has 3 saturated heterocycles. The van der Waals surface area contributed by atoms with Crippen molar-refractivity contribution < 1.29 is 0 Å². The third-order valence-electron chi connectivity index (χ3n) is 4.68. The molecule has 2 unspecified atom stereocenters. The molecule has 0 spiro atoms. The van der Waals surface area contributed by atoms with Crippen molar-refractivity contribution in [1.29, 1.82) is 0 Å². The zero-order chi connectivity index (χ0) is 10.8. The fraction of sp³-hybridized carbons (Fsp3) is 1.00. The lowest BCUT2D eigenvalue weighted by molar-refractivity contribution is 0.0669. The van der Waals surface area contributed by atoms with Crippen molar-refractivity contribution in [3.8, 4) is 0 Å². The summed E-state index contributed by atoms with van der Waals surface area (Å²) in [6.45, 7) is 7.83. The normalized spacial score (nSPS) is 38.2. The maximum Gasteiger partial charge on any atom is 0.0224 e. The molecule has 3 aliphatic rings. The smallest absolute Gasteiger partial charge is 0.0224 e. The van der Waals surface area contributed by atoms with Crippen LogP contribution < -0.4 is 5.32 Å². The van der Waals surface area contributed by atoms with Gasteiger partial charge in [0, 0.05) is 31.7 Å². The zero-order valence-corrected chi connectivity index (χ0v) is 10.3. The van der Waals surface area contributed by atoms with Gasteiger partial charge in [-0.3, -0.25) is 9.80 Å². The molecule has 1 N–H and O–H groups in total. The van der Waals surface area contributed by atoms with E-state index in [-0.39, 0.29) is 0 Å². The molecule has 0 amide bonds. The van der Waals surface area contributed by atoms with Crippen LogP contribution in [0.15, 0.2) is 0 Å². The predicted molar refractivity (Wildman–Crippen MR) is 66.7 cm³/mol. The van der Waals surface area contributed by atoms with Crippen molar-refractivity contribution in [2.45, 2.75) is 44.2 Å². The second kappa shape index (κ2) is 5.03. The van der Waals surface area contributed by atoms with Gasteiger partial charge in [-0.15, -0.1) is 0 Å². The van der Waals surface area contributed by atoms with Crippen LogP contribution in [-0.4, -0.2) is 61.2 Å². The largest absolute Gasteiger partial charge is 0.317 e. The maximum absolute atomic E-state index is 3.53. The molecule has 3 heterocycles. The van der Waals surface area contributed by atoms with Gasteiger partial charge in [-0.05, 0) is 51.7 Å². The molecule has 3 rings (SSSR count). The van der Waals surface area contributed by atoms with Crippen molar-refractivity contribution in [2.24, 2.45) is 0 Å². The van der Waals surface area contributed by atoms with E-state index in [2.05, 4.69) is 15.1 Å². The Bertz CT molecular complexity index is 223. The maximum atomic E-state index is 3.53. The lowest BCUT2D eigenvalue weighted by Gasteiger charge is -2.41. The highest BCUT2D eigenvalue weighted by Crippen LogP contribution is 2.24. The van der Waals surface area contributed by atoms with Crippen LogP contribution in [0.1, 0.15) is 32.1 Å². The van der Waals surface area contributed by atoms with E-state index in [1.807, 2.05) is 0 Å². The summed E-state index contributed by atoms with van der Waals surface area (Å²) in [5.74, 6) is 0. The molecule has 0 bridgehead atoms. The van der Waals surface area contributed by atoms with Crippen molar-refractivity contribution in [2.75, 3.05) is 39.3 Å². The number of piperazine rings is 1. The first kappa shape index (κ1) is 11.0. The van der Waals surface area contributed by atoms with Crippen molar-refractivity contribution in [3.05, 3.63) is 0 Å². The second-order valence-electron chi connectivity index (χ2n) is 5.66. The topological polar surface area (TPSA) is 18.5 Å². The Balaban J connectivity index is 1.57. The predicted octanol–water partition coefficient (Wildman–Crippen LogP) is 0.908. The van der Waals surface area contributed by atoms with Gasteiger partial charge in [0.15, 0.2) is 0 Å². The Hall–Kier alpha value is -0.120. The molecule has 3 aliphatic heterocycles. The summed E-state index contributed by atoms with van der Waals surface area (Å²) in [7, 11) is 0. The highest BCUT2D eigenvalue weighted by molar-refractivity contribution is 4.89. The Morgan fingerprint density at radius 2 is 1.62 bits per heavy atom. The van der Waals surface area contributed by atoms with Gasteiger partial charge in [-0.25, -0.2) is 0 Å². The number of rotatable bonds is 1. The highest BCUT2D eigenvalue weighted by atomic mass is 15.3. The van der Waals surface area contributed by atoms with Crippen LogP contribution in [-0.2, 0) is 0 Å². The summed E-state index contributed by atoms with van der Waals surface area (Å²) in [6, 6.07) is 1.77. The first-order chi connectivity index (χ1) is 7.93. The average Bonchev–Trinajstić information content (AvgIpc) is 2.61. The van der Waals surface area contributed by atoms with Crippen LogP contribution in [0.5, 0.6) is 0 Å². The third-order valence-corrected chi connectivity index (χ3v) is 4.68. The summed E-state index contributed by atoms with van der Waals surface area (Å²) in [5.41, 5.74) is 0. The number of fused-ring (bicyclic) bond motifs is 1. The molecule has 0 aliphatic carbocycles. The van der Waals surface area contributed by atoms with Crippen molar-refractivity contribution in [3.63, 3.8) is 0 Å². The summed E-state index contributed by atoms with van der Waals surface area (Å²) in [6.07, 6.45) is 7.04. The zero-order valence-electron chi connectivity index (χ0n) is 10.3. The first-order valence-electron chi connectivity index (χ1n) is 7.12. The lowest BCUT2D eigenvalue weighted by atomic mass is 10.0. The molecule has 3 fully saturated rings. The van der Waals surface area contributed by atoms with Crippen LogP contribution >= 0.6 is 0 Å². The lowest BCUT2D eigenvalue weighted by Crippen LogP contribution is -2.53. The van der Waals surface area contributed by atoms with Crippen molar-refractivity contribution in [1.82, 2.24) is 15.1 Å². The van der Waals surface area contributed by atoms with Crippen LogP contribution in [0.3, 0.4) is 0 Å².